The van der Waals surface area contributed by atoms with Gasteiger partial charge in [-0.25, -0.2) is 0 Å². The molecule has 2 N–H and O–H groups in total. The molecule has 15 heavy (non-hydrogen) atoms. The summed E-state index contributed by atoms with van der Waals surface area (Å²) < 4.78 is 8.91. The van der Waals surface area contributed by atoms with Crippen molar-refractivity contribution in [1.29, 1.82) is 0 Å². The van der Waals surface area contributed by atoms with Gasteiger partial charge in [0, 0.05) is 12.5 Å². The Morgan fingerprint density at radius 2 is 2.33 bits per heavy atom. The largest absolute Gasteiger partial charge is 0.333 e. The van der Waals surface area contributed by atoms with Crippen LogP contribution in [-0.2, 0) is 6.42 Å². The second kappa shape index (κ2) is 4.03. The van der Waals surface area contributed by atoms with Crippen LogP contribution in [0.2, 0.25) is 0 Å². The van der Waals surface area contributed by atoms with Crippen molar-refractivity contribution in [3.8, 4) is 10.8 Å². The maximum absolute atomic E-state index is 5.64. The topological polar surface area (TPSA) is 90.7 Å². The van der Waals surface area contributed by atoms with Gasteiger partial charge in [-0.1, -0.05) is 9.64 Å². The number of aromatic nitrogens is 4. The molecule has 0 saturated carbocycles. The summed E-state index contributed by atoms with van der Waals surface area (Å²) >= 11 is 1.25. The van der Waals surface area contributed by atoms with E-state index in [4.69, 9.17) is 10.3 Å². The molecule has 2 aromatic rings. The number of rotatable bonds is 3. The lowest BCUT2D eigenvalue weighted by Crippen LogP contribution is -2.18. The number of nitrogens with two attached hydrogens (primary N) is 1. The maximum Gasteiger partial charge on any atom is 0.271 e. The third kappa shape index (κ3) is 2.18. The molecule has 7 heteroatoms. The molecule has 0 aliphatic rings. The van der Waals surface area contributed by atoms with Gasteiger partial charge in [-0.05, 0) is 25.4 Å². The number of hydrogen-bond acceptors (Lipinski definition) is 7. The molecule has 0 aliphatic heterocycles. The van der Waals surface area contributed by atoms with Crippen LogP contribution in [0.1, 0.15) is 18.4 Å². The van der Waals surface area contributed by atoms with Crippen LogP contribution in [0.3, 0.4) is 0 Å². The third-order valence-electron chi connectivity index (χ3n) is 1.82. The van der Waals surface area contributed by atoms with Gasteiger partial charge in [0.15, 0.2) is 5.82 Å². The van der Waals surface area contributed by atoms with E-state index < -0.39 is 0 Å². The molecule has 0 radical (unpaired) electrons. The molecule has 0 aromatic carbocycles. The zero-order valence-corrected chi connectivity index (χ0v) is 9.28. The SMILES string of the molecule is Cc1nnsc1-c1nc(CC(C)N)no1. The van der Waals surface area contributed by atoms with Gasteiger partial charge in [0.05, 0.1) is 5.69 Å². The Morgan fingerprint density at radius 3 is 2.93 bits per heavy atom. The minimum atomic E-state index is 0.0242. The monoisotopic (exact) mass is 225 g/mol. The molecule has 0 saturated heterocycles. The van der Waals surface area contributed by atoms with Crippen molar-refractivity contribution in [3.05, 3.63) is 11.5 Å². The Labute approximate surface area is 90.7 Å². The average molecular weight is 225 g/mol. The molecule has 2 heterocycles. The molecule has 2 rings (SSSR count). The fourth-order valence-electron chi connectivity index (χ4n) is 1.14. The first-order chi connectivity index (χ1) is 7.16. The van der Waals surface area contributed by atoms with Crippen LogP contribution in [0, 0.1) is 6.92 Å². The van der Waals surface area contributed by atoms with Crippen molar-refractivity contribution >= 4 is 11.5 Å². The minimum absolute atomic E-state index is 0.0242. The van der Waals surface area contributed by atoms with Crippen molar-refractivity contribution in [1.82, 2.24) is 19.7 Å². The summed E-state index contributed by atoms with van der Waals surface area (Å²) in [5, 5.41) is 7.72. The van der Waals surface area contributed by atoms with Gasteiger partial charge in [0.1, 0.15) is 4.88 Å². The Bertz CT molecular complexity index is 449. The summed E-state index contributed by atoms with van der Waals surface area (Å²) in [5.74, 6) is 1.09. The van der Waals surface area contributed by atoms with Crippen molar-refractivity contribution in [2.75, 3.05) is 0 Å². The Balaban J connectivity index is 2.24. The van der Waals surface area contributed by atoms with Crippen molar-refractivity contribution in [3.63, 3.8) is 0 Å². The highest BCUT2D eigenvalue weighted by Crippen LogP contribution is 2.23. The van der Waals surface area contributed by atoms with Crippen molar-refractivity contribution < 1.29 is 4.52 Å². The first-order valence-electron chi connectivity index (χ1n) is 4.54. The van der Waals surface area contributed by atoms with Crippen LogP contribution in [0.5, 0.6) is 0 Å². The molecule has 0 fully saturated rings. The lowest BCUT2D eigenvalue weighted by molar-refractivity contribution is 0.421. The summed E-state index contributed by atoms with van der Waals surface area (Å²) in [4.78, 5) is 5.04. The van der Waals surface area contributed by atoms with E-state index in [-0.39, 0.29) is 6.04 Å². The van der Waals surface area contributed by atoms with Crippen LogP contribution >= 0.6 is 11.5 Å². The van der Waals surface area contributed by atoms with E-state index in [1.807, 2.05) is 13.8 Å². The van der Waals surface area contributed by atoms with Gasteiger partial charge in [0.25, 0.3) is 5.89 Å². The minimum Gasteiger partial charge on any atom is -0.333 e. The van der Waals surface area contributed by atoms with Gasteiger partial charge >= 0.3 is 0 Å². The molecule has 0 bridgehead atoms. The second-order valence-electron chi connectivity index (χ2n) is 3.38. The Kier molecular flexibility index (Phi) is 2.74. The van der Waals surface area contributed by atoms with Gasteiger partial charge in [-0.2, -0.15) is 4.98 Å². The lowest BCUT2D eigenvalue weighted by atomic mass is 10.2. The summed E-state index contributed by atoms with van der Waals surface area (Å²) in [6.07, 6.45) is 0.606. The quantitative estimate of drug-likeness (QED) is 0.830. The zero-order chi connectivity index (χ0) is 10.8. The van der Waals surface area contributed by atoms with Crippen LogP contribution in [-0.4, -0.2) is 25.8 Å². The first kappa shape index (κ1) is 10.2. The summed E-state index contributed by atoms with van der Waals surface area (Å²) in [7, 11) is 0. The van der Waals surface area contributed by atoms with E-state index in [1.54, 1.807) is 0 Å². The fourth-order valence-corrected chi connectivity index (χ4v) is 1.72. The van der Waals surface area contributed by atoms with Crippen molar-refractivity contribution in [2.24, 2.45) is 5.73 Å². The van der Waals surface area contributed by atoms with Crippen LogP contribution in [0.4, 0.5) is 0 Å². The smallest absolute Gasteiger partial charge is 0.271 e. The van der Waals surface area contributed by atoms with E-state index in [9.17, 15) is 0 Å². The first-order valence-corrected chi connectivity index (χ1v) is 5.31. The second-order valence-corrected chi connectivity index (χ2v) is 4.14. The van der Waals surface area contributed by atoms with Gasteiger partial charge in [-0.3, -0.25) is 0 Å². The molecule has 6 nitrogen and oxygen atoms in total. The third-order valence-corrected chi connectivity index (χ3v) is 2.63. The van der Waals surface area contributed by atoms with E-state index in [0.29, 0.717) is 18.1 Å². The lowest BCUT2D eigenvalue weighted by Gasteiger charge is -1.96. The van der Waals surface area contributed by atoms with Gasteiger partial charge in [-0.15, -0.1) is 5.10 Å². The number of hydrogen-bond donors (Lipinski definition) is 1. The predicted octanol–water partition coefficient (Wildman–Crippen LogP) is 0.786. The standard InChI is InChI=1S/C8H11N5OS/c1-4(9)3-6-10-8(14-12-6)7-5(2)11-13-15-7/h4H,3,9H2,1-2H3. The maximum atomic E-state index is 5.64. The van der Waals surface area contributed by atoms with Gasteiger partial charge in [0.2, 0.25) is 0 Å². The van der Waals surface area contributed by atoms with Gasteiger partial charge < -0.3 is 10.3 Å². The van der Waals surface area contributed by atoms with E-state index in [1.165, 1.54) is 11.5 Å². The zero-order valence-electron chi connectivity index (χ0n) is 8.47. The Morgan fingerprint density at radius 1 is 1.53 bits per heavy atom. The van der Waals surface area contributed by atoms with E-state index in [2.05, 4.69) is 19.7 Å². The van der Waals surface area contributed by atoms with E-state index in [0.717, 1.165) is 10.6 Å². The Hall–Kier alpha value is -1.34. The van der Waals surface area contributed by atoms with Crippen LogP contribution in [0.15, 0.2) is 4.52 Å². The summed E-state index contributed by atoms with van der Waals surface area (Å²) in [5.41, 5.74) is 6.44. The predicted molar refractivity (Wildman–Crippen MR) is 55.3 cm³/mol. The summed E-state index contributed by atoms with van der Waals surface area (Å²) in [6.45, 7) is 3.75. The van der Waals surface area contributed by atoms with Crippen LogP contribution in [0.25, 0.3) is 10.8 Å². The highest BCUT2D eigenvalue weighted by atomic mass is 32.1. The molecular weight excluding hydrogens is 214 g/mol. The normalized spacial score (nSPS) is 13.0. The fraction of sp³-hybridized carbons (Fsp3) is 0.500. The molecule has 0 aliphatic carbocycles. The molecular formula is C8H11N5OS. The molecule has 1 unspecified atom stereocenters. The molecule has 1 atom stereocenters. The van der Waals surface area contributed by atoms with E-state index >= 15 is 0 Å². The molecule has 2 aromatic heterocycles. The van der Waals surface area contributed by atoms with Crippen LogP contribution < -0.4 is 5.73 Å². The highest BCUT2D eigenvalue weighted by molar-refractivity contribution is 7.09. The number of nitrogens with zero attached hydrogens (tertiary/aromatic N) is 4. The molecule has 0 spiro atoms. The highest BCUT2D eigenvalue weighted by Gasteiger charge is 2.14. The van der Waals surface area contributed by atoms with Crippen molar-refractivity contribution in [2.45, 2.75) is 26.3 Å². The number of aryl methyl sites for hydroxylation is 1. The molecule has 80 valence electrons. The molecule has 0 amide bonds. The average Bonchev–Trinajstić information content (AvgIpc) is 2.72. The summed E-state index contributed by atoms with van der Waals surface area (Å²) in [6, 6.07) is 0.0242.